The number of para-hydroxylation sites is 1. The molecule has 3 nitrogen and oxygen atoms in total. The minimum absolute atomic E-state index is 0.0534. The number of nitrogens with zero attached hydrogens (tertiary/aromatic N) is 1. The molecule has 1 heterocycles. The van der Waals surface area contributed by atoms with Crippen LogP contribution in [0.5, 0.6) is 5.75 Å². The third-order valence-corrected chi connectivity index (χ3v) is 3.87. The Morgan fingerprint density at radius 1 is 1.15 bits per heavy atom. The molecule has 1 atom stereocenters. The zero-order valence-electron chi connectivity index (χ0n) is 12.0. The molecule has 0 spiro atoms. The first-order valence-corrected chi connectivity index (χ1v) is 6.97. The average Bonchev–Trinajstić information content (AvgIpc) is 2.47. The van der Waals surface area contributed by atoms with Gasteiger partial charge in [-0.3, -0.25) is 0 Å². The summed E-state index contributed by atoms with van der Waals surface area (Å²) >= 11 is 0. The fourth-order valence-corrected chi connectivity index (χ4v) is 2.77. The molecular weight excluding hydrogens is 248 g/mol. The molecule has 104 valence electrons. The van der Waals surface area contributed by atoms with E-state index >= 15 is 0 Å². The molecule has 0 aliphatic carbocycles. The zero-order chi connectivity index (χ0) is 14.1. The first-order chi connectivity index (χ1) is 9.70. The van der Waals surface area contributed by atoms with Gasteiger partial charge >= 0.3 is 0 Å². The Kier molecular flexibility index (Phi) is 3.36. The molecule has 2 aromatic rings. The summed E-state index contributed by atoms with van der Waals surface area (Å²) in [6, 6.07) is 14.7. The van der Waals surface area contributed by atoms with Crippen LogP contribution in [0.4, 0.5) is 5.69 Å². The maximum atomic E-state index is 6.13. The molecule has 0 amide bonds. The van der Waals surface area contributed by atoms with Crippen molar-refractivity contribution in [1.82, 2.24) is 0 Å². The van der Waals surface area contributed by atoms with Gasteiger partial charge in [0.1, 0.15) is 6.10 Å². The fraction of sp³-hybridized carbons (Fsp3) is 0.294. The van der Waals surface area contributed by atoms with Crippen LogP contribution in [0.3, 0.4) is 0 Å². The van der Waals surface area contributed by atoms with Crippen molar-refractivity contribution < 1.29 is 4.74 Å². The van der Waals surface area contributed by atoms with Crippen LogP contribution in [0.1, 0.15) is 5.56 Å². The number of hydrogen-bond acceptors (Lipinski definition) is 3. The molecule has 0 fully saturated rings. The molecular formula is C17H20N2O. The van der Waals surface area contributed by atoms with Crippen LogP contribution in [0.25, 0.3) is 11.1 Å². The monoisotopic (exact) mass is 268 g/mol. The van der Waals surface area contributed by atoms with Gasteiger partial charge in [0.25, 0.3) is 0 Å². The van der Waals surface area contributed by atoms with Crippen LogP contribution in [0.15, 0.2) is 42.5 Å². The van der Waals surface area contributed by atoms with E-state index in [9.17, 15) is 0 Å². The van der Waals surface area contributed by atoms with E-state index in [1.165, 1.54) is 11.1 Å². The number of fused-ring (bicyclic) bond motifs is 1. The van der Waals surface area contributed by atoms with E-state index in [1.54, 1.807) is 0 Å². The van der Waals surface area contributed by atoms with Gasteiger partial charge in [0.15, 0.2) is 5.75 Å². The Labute approximate surface area is 120 Å². The molecule has 1 unspecified atom stereocenters. The van der Waals surface area contributed by atoms with E-state index in [1.807, 2.05) is 0 Å². The topological polar surface area (TPSA) is 38.5 Å². The molecule has 0 aromatic heterocycles. The normalized spacial score (nSPS) is 17.6. The molecule has 1 aliphatic heterocycles. The maximum absolute atomic E-state index is 6.13. The lowest BCUT2D eigenvalue weighted by Crippen LogP contribution is -2.42. The minimum Gasteiger partial charge on any atom is -0.484 e. The highest BCUT2D eigenvalue weighted by Crippen LogP contribution is 2.41. The largest absolute Gasteiger partial charge is 0.484 e. The number of likely N-dealkylation sites (N-methyl/N-ethyl adjacent to an activating group) is 1. The number of benzene rings is 2. The van der Waals surface area contributed by atoms with Gasteiger partial charge in [-0.1, -0.05) is 36.4 Å². The number of hydrogen-bond donors (Lipinski definition) is 1. The maximum Gasteiger partial charge on any atom is 0.151 e. The van der Waals surface area contributed by atoms with E-state index in [0.717, 1.165) is 23.5 Å². The summed E-state index contributed by atoms with van der Waals surface area (Å²) in [6.45, 7) is 3.49. The van der Waals surface area contributed by atoms with Crippen molar-refractivity contribution in [2.24, 2.45) is 5.73 Å². The molecule has 3 rings (SSSR count). The summed E-state index contributed by atoms with van der Waals surface area (Å²) in [5.41, 5.74) is 10.5. The first-order valence-electron chi connectivity index (χ1n) is 6.97. The third kappa shape index (κ3) is 2.14. The number of rotatable bonds is 2. The van der Waals surface area contributed by atoms with E-state index in [0.29, 0.717) is 6.54 Å². The third-order valence-electron chi connectivity index (χ3n) is 3.87. The van der Waals surface area contributed by atoms with Crippen LogP contribution in [0.2, 0.25) is 0 Å². The van der Waals surface area contributed by atoms with Crippen molar-refractivity contribution in [3.8, 4) is 16.9 Å². The predicted molar refractivity (Wildman–Crippen MR) is 83.4 cm³/mol. The Bertz CT molecular complexity index is 624. The molecule has 0 saturated carbocycles. The van der Waals surface area contributed by atoms with Gasteiger partial charge in [0, 0.05) is 19.2 Å². The summed E-state index contributed by atoms with van der Waals surface area (Å²) in [4.78, 5) is 2.22. The highest BCUT2D eigenvalue weighted by molar-refractivity contribution is 5.81. The minimum atomic E-state index is 0.0534. The highest BCUT2D eigenvalue weighted by Gasteiger charge is 2.25. The molecule has 0 bridgehead atoms. The van der Waals surface area contributed by atoms with Gasteiger partial charge in [-0.05, 0) is 24.1 Å². The lowest BCUT2D eigenvalue weighted by Gasteiger charge is -2.34. The number of nitrogens with two attached hydrogens (primary N) is 1. The zero-order valence-corrected chi connectivity index (χ0v) is 12.0. The number of ether oxygens (including phenoxy) is 1. The molecule has 3 heteroatoms. The molecule has 20 heavy (non-hydrogen) atoms. The quantitative estimate of drug-likeness (QED) is 0.910. The SMILES string of the molecule is Cc1ccccc1-c1cccc2c1OC(CN)CN2C. The fourth-order valence-electron chi connectivity index (χ4n) is 2.77. The van der Waals surface area contributed by atoms with Crippen molar-refractivity contribution in [2.45, 2.75) is 13.0 Å². The average molecular weight is 268 g/mol. The Morgan fingerprint density at radius 3 is 2.65 bits per heavy atom. The van der Waals surface area contributed by atoms with Crippen molar-refractivity contribution >= 4 is 5.69 Å². The standard InChI is InChI=1S/C17H20N2O/c1-12-6-3-4-7-14(12)15-8-5-9-16-17(15)20-13(10-18)11-19(16)2/h3-9,13H,10-11,18H2,1-2H3. The lowest BCUT2D eigenvalue weighted by molar-refractivity contribution is 0.205. The van der Waals surface area contributed by atoms with Crippen LogP contribution in [-0.2, 0) is 0 Å². The van der Waals surface area contributed by atoms with E-state index < -0.39 is 0 Å². The predicted octanol–water partition coefficient (Wildman–Crippen LogP) is 2.82. The van der Waals surface area contributed by atoms with E-state index in [4.69, 9.17) is 10.5 Å². The second kappa shape index (κ2) is 5.17. The first kappa shape index (κ1) is 13.0. The molecule has 2 aromatic carbocycles. The number of anilines is 1. The lowest BCUT2D eigenvalue weighted by atomic mass is 9.98. The molecule has 0 radical (unpaired) electrons. The summed E-state index contributed by atoms with van der Waals surface area (Å²) < 4.78 is 6.13. The Hall–Kier alpha value is -2.00. The van der Waals surface area contributed by atoms with Crippen molar-refractivity contribution in [3.63, 3.8) is 0 Å². The second-order valence-corrected chi connectivity index (χ2v) is 5.32. The van der Waals surface area contributed by atoms with Crippen LogP contribution < -0.4 is 15.4 Å². The van der Waals surface area contributed by atoms with E-state index in [-0.39, 0.29) is 6.10 Å². The van der Waals surface area contributed by atoms with Crippen molar-refractivity contribution in [2.75, 3.05) is 25.0 Å². The second-order valence-electron chi connectivity index (χ2n) is 5.32. The summed E-state index contributed by atoms with van der Waals surface area (Å²) in [5, 5.41) is 0. The summed E-state index contributed by atoms with van der Waals surface area (Å²) in [5.74, 6) is 0.950. The summed E-state index contributed by atoms with van der Waals surface area (Å²) in [7, 11) is 2.09. The van der Waals surface area contributed by atoms with Crippen LogP contribution in [0, 0.1) is 6.92 Å². The van der Waals surface area contributed by atoms with Crippen LogP contribution in [-0.4, -0.2) is 26.2 Å². The van der Waals surface area contributed by atoms with Gasteiger partial charge in [0.2, 0.25) is 0 Å². The molecule has 1 aliphatic rings. The van der Waals surface area contributed by atoms with E-state index in [2.05, 4.69) is 61.3 Å². The Balaban J connectivity index is 2.15. The van der Waals surface area contributed by atoms with Gasteiger partial charge in [-0.25, -0.2) is 0 Å². The van der Waals surface area contributed by atoms with Crippen LogP contribution >= 0.6 is 0 Å². The van der Waals surface area contributed by atoms with Gasteiger partial charge in [-0.15, -0.1) is 0 Å². The van der Waals surface area contributed by atoms with Crippen molar-refractivity contribution in [1.29, 1.82) is 0 Å². The molecule has 2 N–H and O–H groups in total. The highest BCUT2D eigenvalue weighted by atomic mass is 16.5. The molecule has 0 saturated heterocycles. The smallest absolute Gasteiger partial charge is 0.151 e. The summed E-state index contributed by atoms with van der Waals surface area (Å²) in [6.07, 6.45) is 0.0534. The number of aryl methyl sites for hydroxylation is 1. The van der Waals surface area contributed by atoms with Gasteiger partial charge in [-0.2, -0.15) is 0 Å². The van der Waals surface area contributed by atoms with Gasteiger partial charge < -0.3 is 15.4 Å². The Morgan fingerprint density at radius 2 is 1.90 bits per heavy atom. The van der Waals surface area contributed by atoms with Crippen molar-refractivity contribution in [3.05, 3.63) is 48.0 Å². The van der Waals surface area contributed by atoms with Gasteiger partial charge in [0.05, 0.1) is 12.2 Å².